The Morgan fingerprint density at radius 2 is 0.950 bits per heavy atom. The molecule has 0 spiro atoms. The predicted octanol–water partition coefficient (Wildman–Crippen LogP) is 3.99. The van der Waals surface area contributed by atoms with Gasteiger partial charge in [0.15, 0.2) is 5.66 Å². The summed E-state index contributed by atoms with van der Waals surface area (Å²) in [7, 11) is 2.29. The van der Waals surface area contributed by atoms with Gasteiger partial charge >= 0.3 is 5.97 Å². The van der Waals surface area contributed by atoms with E-state index in [2.05, 4.69) is 6.92 Å². The zero-order valence-corrected chi connectivity index (χ0v) is 26.8. The van der Waals surface area contributed by atoms with Crippen LogP contribution in [0.2, 0.25) is 0 Å². The summed E-state index contributed by atoms with van der Waals surface area (Å²) in [5.41, 5.74) is -0.576. The number of benzene rings is 3. The minimum atomic E-state index is -2.65. The van der Waals surface area contributed by atoms with E-state index in [4.69, 9.17) is 14.2 Å². The number of methoxy groups -OCH3 is 3. The highest BCUT2D eigenvalue weighted by atomic mass is 79.9. The van der Waals surface area contributed by atoms with Crippen LogP contribution in [0.3, 0.4) is 0 Å². The Balaban J connectivity index is 0.00000560. The first kappa shape index (κ1) is 33.6. The fourth-order valence-electron chi connectivity index (χ4n) is 5.39. The Morgan fingerprint density at radius 1 is 0.625 bits per heavy atom. The largest absolute Gasteiger partial charge is 1.00 e. The normalized spacial score (nSPS) is 11.8. The summed E-state index contributed by atoms with van der Waals surface area (Å²) in [6.07, 6.45) is 9.99. The minimum Gasteiger partial charge on any atom is -1.00 e. The average Bonchev–Trinajstić information content (AvgIpc) is 2.98. The third-order valence-electron chi connectivity index (χ3n) is 7.52. The maximum Gasteiger partial charge on any atom is 0.345 e. The third-order valence-corrected chi connectivity index (χ3v) is 12.3. The van der Waals surface area contributed by atoms with Crippen molar-refractivity contribution < 1.29 is 41.1 Å². The van der Waals surface area contributed by atoms with Gasteiger partial charge in [-0.05, 0) is 85.6 Å². The molecule has 3 aromatic carbocycles. The molecule has 1 N–H and O–H groups in total. The molecule has 0 heterocycles. The molecule has 0 aliphatic rings. The van der Waals surface area contributed by atoms with Crippen LogP contribution in [0.25, 0.3) is 0 Å². The number of carboxylic acid groups (broad SMARTS) is 1. The van der Waals surface area contributed by atoms with Gasteiger partial charge in [-0.3, -0.25) is 0 Å². The molecule has 3 rings (SSSR count). The molecule has 0 aromatic heterocycles. The topological polar surface area (TPSA) is 65.0 Å². The van der Waals surface area contributed by atoms with Gasteiger partial charge in [-0.1, -0.05) is 51.9 Å². The maximum atomic E-state index is 13.2. The van der Waals surface area contributed by atoms with Crippen LogP contribution in [0.5, 0.6) is 17.2 Å². The first-order chi connectivity index (χ1) is 19.0. The van der Waals surface area contributed by atoms with Gasteiger partial charge in [-0.15, -0.1) is 0 Å². The van der Waals surface area contributed by atoms with Gasteiger partial charge in [0.05, 0.1) is 21.3 Å². The summed E-state index contributed by atoms with van der Waals surface area (Å²) in [6, 6.07) is 23.9. The molecular weight excluding hydrogens is 587 g/mol. The van der Waals surface area contributed by atoms with Crippen LogP contribution in [0.15, 0.2) is 72.8 Å². The lowest BCUT2D eigenvalue weighted by Gasteiger charge is -2.33. The van der Waals surface area contributed by atoms with Gasteiger partial charge in [0.25, 0.3) is 0 Å². The molecule has 0 saturated carbocycles. The van der Waals surface area contributed by atoms with Crippen LogP contribution in [-0.4, -0.2) is 38.1 Å². The predicted molar refractivity (Wildman–Crippen MR) is 163 cm³/mol. The summed E-state index contributed by atoms with van der Waals surface area (Å²) >= 11 is 0. The van der Waals surface area contributed by atoms with Crippen LogP contribution >= 0.6 is 7.26 Å². The number of aliphatic carboxylic acids is 1. The van der Waals surface area contributed by atoms with Crippen molar-refractivity contribution in [1.82, 2.24) is 0 Å². The van der Waals surface area contributed by atoms with E-state index in [9.17, 15) is 9.90 Å². The van der Waals surface area contributed by atoms with Gasteiger partial charge in [-0.2, -0.15) is 0 Å². The molecule has 3 aromatic rings. The van der Waals surface area contributed by atoms with Crippen molar-refractivity contribution in [3.8, 4) is 17.2 Å². The van der Waals surface area contributed by atoms with Crippen molar-refractivity contribution in [2.75, 3.05) is 21.3 Å². The van der Waals surface area contributed by atoms with Crippen molar-refractivity contribution in [1.29, 1.82) is 0 Å². The zero-order valence-electron chi connectivity index (χ0n) is 24.3. The van der Waals surface area contributed by atoms with Crippen molar-refractivity contribution in [2.45, 2.75) is 70.4 Å². The van der Waals surface area contributed by atoms with E-state index in [0.717, 1.165) is 52.4 Å². The van der Waals surface area contributed by atoms with Crippen molar-refractivity contribution in [3.05, 3.63) is 72.8 Å². The van der Waals surface area contributed by atoms with Gasteiger partial charge in [0.2, 0.25) is 0 Å². The molecule has 0 saturated heterocycles. The molecule has 7 heteroatoms. The van der Waals surface area contributed by atoms with Crippen molar-refractivity contribution in [3.63, 3.8) is 0 Å². The Hall–Kier alpha value is -2.56. The summed E-state index contributed by atoms with van der Waals surface area (Å²) < 4.78 is 16.4. The molecule has 0 fully saturated rings. The number of halogens is 1. The quantitative estimate of drug-likeness (QED) is 0.180. The molecule has 0 radical (unpaired) electrons. The Labute approximate surface area is 251 Å². The second-order valence-corrected chi connectivity index (χ2v) is 13.6. The minimum absolute atomic E-state index is 0. The van der Waals surface area contributed by atoms with E-state index in [0.29, 0.717) is 6.42 Å². The first-order valence-electron chi connectivity index (χ1n) is 14.1. The first-order valence-corrected chi connectivity index (χ1v) is 15.9. The van der Waals surface area contributed by atoms with E-state index < -0.39 is 18.9 Å². The average molecular weight is 632 g/mol. The molecule has 40 heavy (non-hydrogen) atoms. The number of unbranched alkanes of at least 4 members (excludes halogenated alkanes) is 7. The van der Waals surface area contributed by atoms with Gasteiger partial charge in [-0.25, -0.2) is 4.79 Å². The molecule has 0 aliphatic carbocycles. The number of hydrogen-bond donors (Lipinski definition) is 1. The maximum absolute atomic E-state index is 13.2. The lowest BCUT2D eigenvalue weighted by molar-refractivity contribution is -0.136. The fourth-order valence-corrected chi connectivity index (χ4v) is 10.1. The van der Waals surface area contributed by atoms with Crippen LogP contribution < -0.4 is 47.1 Å². The van der Waals surface area contributed by atoms with E-state index in [1.54, 1.807) is 21.3 Å². The number of rotatable bonds is 17. The van der Waals surface area contributed by atoms with Gasteiger partial charge in [0.1, 0.15) is 40.4 Å². The van der Waals surface area contributed by atoms with Gasteiger partial charge < -0.3 is 36.3 Å². The van der Waals surface area contributed by atoms with E-state index in [-0.39, 0.29) is 17.0 Å². The molecule has 218 valence electrons. The van der Waals surface area contributed by atoms with Crippen LogP contribution in [0.1, 0.15) is 64.7 Å². The van der Waals surface area contributed by atoms with Crippen molar-refractivity contribution >= 4 is 29.1 Å². The van der Waals surface area contributed by atoms with E-state index in [1.165, 1.54) is 32.1 Å². The second-order valence-electron chi connectivity index (χ2n) is 9.93. The summed E-state index contributed by atoms with van der Waals surface area (Å²) in [5, 5.41) is 13.9. The smallest absolute Gasteiger partial charge is 0.345 e. The molecule has 0 aliphatic heterocycles. The SMILES string of the molecule is CCCCCCCCCCC(C(=O)O)[P+](c1ccc(OC)cc1)(c1ccc(OC)cc1)c1ccc(OC)cc1.[Br-]. The molecule has 0 bridgehead atoms. The van der Waals surface area contributed by atoms with Crippen LogP contribution in [-0.2, 0) is 4.79 Å². The highest BCUT2D eigenvalue weighted by Crippen LogP contribution is 2.61. The highest BCUT2D eigenvalue weighted by Gasteiger charge is 2.55. The molecule has 1 unspecified atom stereocenters. The molecule has 5 nitrogen and oxygen atoms in total. The number of carboxylic acids is 1. The summed E-state index contributed by atoms with van der Waals surface area (Å²) in [4.78, 5) is 13.2. The molecule has 1 atom stereocenters. The summed E-state index contributed by atoms with van der Waals surface area (Å²) in [6.45, 7) is 2.23. The standard InChI is InChI=1S/C33H43O5P.BrH/c1-5-6-7-8-9-10-11-12-13-32(33(34)35)39(29-20-14-26(36-2)15-21-29,30-22-16-27(37-3)17-23-30)31-24-18-28(38-4)19-25-31;/h14-25,32H,5-13H2,1-4H3;1H. The monoisotopic (exact) mass is 630 g/mol. The second kappa shape index (κ2) is 17.3. The lowest BCUT2D eigenvalue weighted by atomic mass is 10.1. The number of ether oxygens (including phenoxy) is 3. The van der Waals surface area contributed by atoms with Gasteiger partial charge in [0, 0.05) is 0 Å². The third kappa shape index (κ3) is 8.24. The lowest BCUT2D eigenvalue weighted by Crippen LogP contribution is -3.00. The van der Waals surface area contributed by atoms with E-state index in [1.807, 2.05) is 72.8 Å². The Morgan fingerprint density at radius 3 is 1.25 bits per heavy atom. The number of hydrogen-bond acceptors (Lipinski definition) is 4. The van der Waals surface area contributed by atoms with E-state index >= 15 is 0 Å². The Bertz CT molecular complexity index is 1020. The Kier molecular flexibility index (Phi) is 14.5. The van der Waals surface area contributed by atoms with Crippen LogP contribution in [0, 0.1) is 0 Å². The zero-order chi connectivity index (χ0) is 28.1. The summed E-state index contributed by atoms with van der Waals surface area (Å²) in [5.74, 6) is 1.48. The highest BCUT2D eigenvalue weighted by molar-refractivity contribution is 7.96. The molecular formula is C33H44BrO5P. The molecule has 0 amide bonds. The fraction of sp³-hybridized carbons (Fsp3) is 0.424. The van der Waals surface area contributed by atoms with Crippen molar-refractivity contribution in [2.24, 2.45) is 0 Å². The van der Waals surface area contributed by atoms with Crippen LogP contribution in [0.4, 0.5) is 0 Å². The number of carbonyl (C=O) groups is 1.